The zero-order chi connectivity index (χ0) is 26.7. The highest BCUT2D eigenvalue weighted by Crippen LogP contribution is 2.23. The lowest BCUT2D eigenvalue weighted by molar-refractivity contribution is -0.121. The van der Waals surface area contributed by atoms with E-state index in [1.165, 1.54) is 7.05 Å². The quantitative estimate of drug-likeness (QED) is 0.425. The summed E-state index contributed by atoms with van der Waals surface area (Å²) in [5.41, 5.74) is 8.17. The number of likely N-dealkylation sites (tertiary alicyclic amines) is 1. The molecule has 0 bridgehead atoms. The average Bonchev–Trinajstić information content (AvgIpc) is 3.30. The third-order valence-electron chi connectivity index (χ3n) is 6.57. The van der Waals surface area contributed by atoms with Crippen molar-refractivity contribution in [3.63, 3.8) is 0 Å². The summed E-state index contributed by atoms with van der Waals surface area (Å²) in [4.78, 5) is 44.0. The smallest absolute Gasteiger partial charge is 0.258 e. The number of nitrogens with zero attached hydrogens (tertiary/aromatic N) is 3. The van der Waals surface area contributed by atoms with Gasteiger partial charge in [-0.2, -0.15) is 0 Å². The summed E-state index contributed by atoms with van der Waals surface area (Å²) in [5, 5.41) is 5.68. The standard InChI is InChI=1S/C26H30F2N6O3/c1-3-34-24(29)22(26(37)30-2)23(36)18-8-9-19(32-25(18)34)16-6-4-15(5-7-16)12-21(35)31-17-10-11-33(13-17)14-20(27)28/h4-9,17,20H,3,10-14,29H2,1-2H3,(H,30,37)(H,31,35). The van der Waals surface area contributed by atoms with Gasteiger partial charge in [0.1, 0.15) is 17.0 Å². The fraction of sp³-hybridized carbons (Fsp3) is 0.385. The topological polar surface area (TPSA) is 122 Å². The number of nitrogens with one attached hydrogen (secondary N) is 2. The van der Waals surface area contributed by atoms with Gasteiger partial charge in [0.2, 0.25) is 11.3 Å². The number of hydrogen-bond acceptors (Lipinski definition) is 6. The zero-order valence-corrected chi connectivity index (χ0v) is 20.8. The van der Waals surface area contributed by atoms with E-state index in [1.807, 2.05) is 31.2 Å². The van der Waals surface area contributed by atoms with Gasteiger partial charge in [0.15, 0.2) is 0 Å². The number of carbonyl (C=O) groups excluding carboxylic acids is 2. The molecule has 9 nitrogen and oxygen atoms in total. The number of benzene rings is 1. The molecule has 196 valence electrons. The molecule has 3 heterocycles. The van der Waals surface area contributed by atoms with Crippen molar-refractivity contribution in [1.29, 1.82) is 0 Å². The van der Waals surface area contributed by atoms with Crippen molar-refractivity contribution < 1.29 is 18.4 Å². The van der Waals surface area contributed by atoms with E-state index >= 15 is 0 Å². The second kappa shape index (κ2) is 11.0. The molecule has 1 unspecified atom stereocenters. The molecule has 1 aromatic carbocycles. The van der Waals surface area contributed by atoms with Crippen LogP contribution in [-0.2, 0) is 17.8 Å². The number of aryl methyl sites for hydroxylation is 1. The molecule has 0 saturated carbocycles. The Morgan fingerprint density at radius 3 is 2.57 bits per heavy atom. The van der Waals surface area contributed by atoms with Gasteiger partial charge in [-0.05, 0) is 31.0 Å². The number of aromatic nitrogens is 2. The summed E-state index contributed by atoms with van der Waals surface area (Å²) in [5.74, 6) is -0.645. The van der Waals surface area contributed by atoms with Crippen LogP contribution in [0.15, 0.2) is 41.2 Å². The molecule has 4 N–H and O–H groups in total. The Labute approximate surface area is 212 Å². The third kappa shape index (κ3) is 5.61. The van der Waals surface area contributed by atoms with E-state index in [9.17, 15) is 23.2 Å². The summed E-state index contributed by atoms with van der Waals surface area (Å²) in [6.07, 6.45) is -1.55. The van der Waals surface area contributed by atoms with Gasteiger partial charge in [0, 0.05) is 38.3 Å². The van der Waals surface area contributed by atoms with Crippen molar-refractivity contribution in [3.05, 3.63) is 57.7 Å². The second-order valence-electron chi connectivity index (χ2n) is 9.06. The summed E-state index contributed by atoms with van der Waals surface area (Å²) in [7, 11) is 1.44. The first kappa shape index (κ1) is 26.2. The highest BCUT2D eigenvalue weighted by molar-refractivity contribution is 6.01. The minimum Gasteiger partial charge on any atom is -0.384 e. The first-order chi connectivity index (χ1) is 17.7. The Bertz CT molecular complexity index is 1370. The lowest BCUT2D eigenvalue weighted by Gasteiger charge is -2.16. The number of carbonyl (C=O) groups is 2. The van der Waals surface area contributed by atoms with Gasteiger partial charge in [-0.1, -0.05) is 24.3 Å². The van der Waals surface area contributed by atoms with Gasteiger partial charge in [-0.15, -0.1) is 0 Å². The van der Waals surface area contributed by atoms with Gasteiger partial charge < -0.3 is 20.9 Å². The second-order valence-corrected chi connectivity index (χ2v) is 9.06. The van der Waals surface area contributed by atoms with E-state index < -0.39 is 17.8 Å². The molecular weight excluding hydrogens is 482 g/mol. The number of pyridine rings is 2. The summed E-state index contributed by atoms with van der Waals surface area (Å²) in [6.45, 7) is 2.98. The fourth-order valence-electron chi connectivity index (χ4n) is 4.73. The van der Waals surface area contributed by atoms with Crippen LogP contribution in [0.5, 0.6) is 0 Å². The van der Waals surface area contributed by atoms with Gasteiger partial charge in [0.05, 0.1) is 24.0 Å². The minimum atomic E-state index is -2.38. The van der Waals surface area contributed by atoms with E-state index in [-0.39, 0.29) is 36.3 Å². The lowest BCUT2D eigenvalue weighted by atomic mass is 10.0. The van der Waals surface area contributed by atoms with Gasteiger partial charge >= 0.3 is 0 Å². The largest absolute Gasteiger partial charge is 0.384 e. The van der Waals surface area contributed by atoms with Crippen LogP contribution in [0.4, 0.5) is 14.6 Å². The molecule has 1 atom stereocenters. The predicted molar refractivity (Wildman–Crippen MR) is 138 cm³/mol. The maximum absolute atomic E-state index is 12.9. The highest BCUT2D eigenvalue weighted by atomic mass is 19.3. The molecular formula is C26H30F2N6O3. The van der Waals surface area contributed by atoms with Gasteiger partial charge in [-0.3, -0.25) is 19.3 Å². The maximum Gasteiger partial charge on any atom is 0.258 e. The van der Waals surface area contributed by atoms with Crippen molar-refractivity contribution in [1.82, 2.24) is 25.1 Å². The molecule has 1 aliphatic rings. The number of alkyl halides is 2. The van der Waals surface area contributed by atoms with E-state index in [4.69, 9.17) is 5.73 Å². The number of halogens is 2. The minimum absolute atomic E-state index is 0.0601. The van der Waals surface area contributed by atoms with Crippen LogP contribution in [-0.4, -0.2) is 65.4 Å². The molecule has 11 heteroatoms. The fourth-order valence-corrected chi connectivity index (χ4v) is 4.73. The van der Waals surface area contributed by atoms with E-state index in [0.717, 1.165) is 11.1 Å². The number of hydrogen-bond donors (Lipinski definition) is 3. The Morgan fingerprint density at radius 1 is 1.19 bits per heavy atom. The van der Waals surface area contributed by atoms with Crippen molar-refractivity contribution in [2.75, 3.05) is 32.4 Å². The van der Waals surface area contributed by atoms with E-state index in [1.54, 1.807) is 21.6 Å². The Morgan fingerprint density at radius 2 is 1.92 bits per heavy atom. The lowest BCUT2D eigenvalue weighted by Crippen LogP contribution is -2.38. The van der Waals surface area contributed by atoms with Crippen LogP contribution in [0.25, 0.3) is 22.3 Å². The number of fused-ring (bicyclic) bond motifs is 1. The number of nitrogen functional groups attached to an aromatic ring is 1. The summed E-state index contributed by atoms with van der Waals surface area (Å²) in [6, 6.07) is 10.6. The van der Waals surface area contributed by atoms with Crippen LogP contribution < -0.4 is 21.8 Å². The highest BCUT2D eigenvalue weighted by Gasteiger charge is 2.25. The zero-order valence-electron chi connectivity index (χ0n) is 20.8. The molecule has 2 amide bonds. The number of amides is 2. The molecule has 2 aromatic heterocycles. The molecule has 4 rings (SSSR count). The Hall–Kier alpha value is -3.86. The Kier molecular flexibility index (Phi) is 7.82. The Balaban J connectivity index is 1.50. The molecule has 0 spiro atoms. The third-order valence-corrected chi connectivity index (χ3v) is 6.57. The SMILES string of the molecule is CCn1c(N)c(C(=O)NC)c(=O)c2ccc(-c3ccc(CC(=O)NC4CCN(CC(F)F)C4)cc3)nc21. The van der Waals surface area contributed by atoms with Gasteiger partial charge in [0.25, 0.3) is 12.3 Å². The normalized spacial score (nSPS) is 15.9. The summed E-state index contributed by atoms with van der Waals surface area (Å²) >= 11 is 0. The van der Waals surface area contributed by atoms with Gasteiger partial charge in [-0.25, -0.2) is 13.8 Å². The molecule has 37 heavy (non-hydrogen) atoms. The first-order valence-corrected chi connectivity index (χ1v) is 12.2. The van der Waals surface area contributed by atoms with Crippen LogP contribution in [0.1, 0.15) is 29.3 Å². The monoisotopic (exact) mass is 512 g/mol. The number of nitrogens with two attached hydrogens (primary N) is 1. The molecule has 0 aliphatic carbocycles. The van der Waals surface area contributed by atoms with Crippen LogP contribution in [0.3, 0.4) is 0 Å². The number of rotatable bonds is 8. The van der Waals surface area contributed by atoms with Crippen molar-refractivity contribution in [2.45, 2.75) is 38.8 Å². The van der Waals surface area contributed by atoms with Crippen LogP contribution in [0.2, 0.25) is 0 Å². The first-order valence-electron chi connectivity index (χ1n) is 12.2. The van der Waals surface area contributed by atoms with E-state index in [0.29, 0.717) is 42.8 Å². The number of anilines is 1. The predicted octanol–water partition coefficient (Wildman–Crippen LogP) is 2.02. The molecule has 1 aliphatic heterocycles. The molecule has 0 radical (unpaired) electrons. The molecule has 1 saturated heterocycles. The van der Waals surface area contributed by atoms with Crippen LogP contribution >= 0.6 is 0 Å². The molecule has 1 fully saturated rings. The van der Waals surface area contributed by atoms with E-state index in [2.05, 4.69) is 15.6 Å². The maximum atomic E-state index is 12.9. The van der Waals surface area contributed by atoms with Crippen molar-refractivity contribution in [3.8, 4) is 11.3 Å². The summed E-state index contributed by atoms with van der Waals surface area (Å²) < 4.78 is 26.8. The average molecular weight is 513 g/mol. The van der Waals surface area contributed by atoms with Crippen LogP contribution in [0, 0.1) is 0 Å². The molecule has 3 aromatic rings. The van der Waals surface area contributed by atoms with Crippen molar-refractivity contribution >= 4 is 28.7 Å². The van der Waals surface area contributed by atoms with Crippen molar-refractivity contribution in [2.24, 2.45) is 0 Å².